The molecule has 0 heterocycles. The first-order chi connectivity index (χ1) is 9.86. The van der Waals surface area contributed by atoms with E-state index < -0.39 is 11.9 Å². The summed E-state index contributed by atoms with van der Waals surface area (Å²) in [5, 5.41) is 7.17. The van der Waals surface area contributed by atoms with Crippen molar-refractivity contribution in [2.75, 3.05) is 0 Å². The fourth-order valence-electron chi connectivity index (χ4n) is 2.39. The Morgan fingerprint density at radius 3 is 2.33 bits per heavy atom. The molecule has 1 fully saturated rings. The molecular formula is C13H23N7O. The molecule has 116 valence electrons. The lowest BCUT2D eigenvalue weighted by molar-refractivity contribution is -0.114. The van der Waals surface area contributed by atoms with Crippen LogP contribution in [0.1, 0.15) is 32.6 Å². The van der Waals surface area contributed by atoms with Crippen molar-refractivity contribution >= 4 is 23.4 Å². The second-order valence-electron chi connectivity index (χ2n) is 5.13. The van der Waals surface area contributed by atoms with Crippen molar-refractivity contribution in [2.24, 2.45) is 38.8 Å². The Morgan fingerprint density at radius 1 is 1.24 bits per heavy atom. The van der Waals surface area contributed by atoms with E-state index in [-0.39, 0.29) is 23.2 Å². The number of aliphatic imine (C=N–C) groups is 2. The van der Waals surface area contributed by atoms with Crippen LogP contribution in [-0.4, -0.2) is 29.5 Å². The Labute approximate surface area is 123 Å². The number of nitrogens with one attached hydrogen (secondary N) is 1. The van der Waals surface area contributed by atoms with Crippen LogP contribution < -0.4 is 22.9 Å². The van der Waals surface area contributed by atoms with Gasteiger partial charge in [0.05, 0.1) is 11.6 Å². The van der Waals surface area contributed by atoms with Gasteiger partial charge >= 0.3 is 0 Å². The quantitative estimate of drug-likeness (QED) is 0.269. The van der Waals surface area contributed by atoms with E-state index in [1.165, 1.54) is 0 Å². The maximum absolute atomic E-state index is 11.5. The standard InChI is InChI=1S/C13H23N7O/c1-7-4-2-3-5-9(7)19-10(8(6-14)12(16)21)11(15)20-13(17)18/h6-7,9H,2-5,14H2,1H3,(H2,16,21)(H5,15,17,18,20). The summed E-state index contributed by atoms with van der Waals surface area (Å²) in [5.74, 6) is -0.985. The lowest BCUT2D eigenvalue weighted by Crippen LogP contribution is -2.36. The van der Waals surface area contributed by atoms with Crippen LogP contribution >= 0.6 is 0 Å². The monoisotopic (exact) mass is 293 g/mol. The first-order valence-corrected chi connectivity index (χ1v) is 6.85. The van der Waals surface area contributed by atoms with Crippen LogP contribution in [0.5, 0.6) is 0 Å². The highest BCUT2D eigenvalue weighted by Crippen LogP contribution is 2.26. The van der Waals surface area contributed by atoms with Gasteiger partial charge in [0.25, 0.3) is 5.91 Å². The summed E-state index contributed by atoms with van der Waals surface area (Å²) in [5.41, 5.74) is 21.8. The highest BCUT2D eigenvalue weighted by molar-refractivity contribution is 6.53. The first-order valence-electron chi connectivity index (χ1n) is 6.85. The van der Waals surface area contributed by atoms with E-state index >= 15 is 0 Å². The van der Waals surface area contributed by atoms with Gasteiger partial charge in [0, 0.05) is 6.20 Å². The first kappa shape index (κ1) is 16.7. The average Bonchev–Trinajstić information content (AvgIpc) is 2.39. The molecule has 1 aliphatic carbocycles. The minimum Gasteiger partial charge on any atom is -0.404 e. The molecular weight excluding hydrogens is 270 g/mol. The van der Waals surface area contributed by atoms with E-state index in [1.54, 1.807) is 0 Å². The van der Waals surface area contributed by atoms with Gasteiger partial charge < -0.3 is 22.9 Å². The average molecular weight is 293 g/mol. The van der Waals surface area contributed by atoms with E-state index in [1.807, 2.05) is 0 Å². The van der Waals surface area contributed by atoms with Crippen LogP contribution in [0.2, 0.25) is 0 Å². The SMILES string of the molecule is CC1CCCCC1N=C(C(=CN)C(N)=O)C(N)=NC(=N)N. The number of rotatable bonds is 4. The molecule has 0 aromatic heterocycles. The van der Waals surface area contributed by atoms with Crippen molar-refractivity contribution in [3.05, 3.63) is 11.8 Å². The molecule has 2 unspecified atom stereocenters. The maximum atomic E-state index is 11.5. The molecule has 8 heteroatoms. The Kier molecular flexibility index (Phi) is 5.89. The van der Waals surface area contributed by atoms with E-state index in [2.05, 4.69) is 16.9 Å². The van der Waals surface area contributed by atoms with E-state index in [0.717, 1.165) is 31.9 Å². The smallest absolute Gasteiger partial charge is 0.252 e. The molecule has 0 bridgehead atoms. The number of amidine groups is 1. The van der Waals surface area contributed by atoms with Crippen molar-refractivity contribution in [3.8, 4) is 0 Å². The number of carbonyl (C=O) groups excluding carboxylic acids is 1. The molecule has 21 heavy (non-hydrogen) atoms. The van der Waals surface area contributed by atoms with Gasteiger partial charge in [0.15, 0.2) is 5.84 Å². The van der Waals surface area contributed by atoms with Crippen molar-refractivity contribution in [2.45, 2.75) is 38.6 Å². The summed E-state index contributed by atoms with van der Waals surface area (Å²) in [6, 6.07) is 0.0174. The zero-order valence-corrected chi connectivity index (χ0v) is 12.2. The molecule has 0 aromatic carbocycles. The van der Waals surface area contributed by atoms with Gasteiger partial charge in [0.1, 0.15) is 5.71 Å². The number of carbonyl (C=O) groups is 1. The largest absolute Gasteiger partial charge is 0.404 e. The zero-order chi connectivity index (χ0) is 16.0. The van der Waals surface area contributed by atoms with Gasteiger partial charge in [-0.1, -0.05) is 19.8 Å². The summed E-state index contributed by atoms with van der Waals surface area (Å²) in [4.78, 5) is 19.6. The van der Waals surface area contributed by atoms with Crippen LogP contribution in [0.4, 0.5) is 0 Å². The van der Waals surface area contributed by atoms with E-state index in [0.29, 0.717) is 5.92 Å². The third kappa shape index (κ3) is 4.59. The van der Waals surface area contributed by atoms with Gasteiger partial charge in [-0.2, -0.15) is 4.99 Å². The normalized spacial score (nSPS) is 24.7. The van der Waals surface area contributed by atoms with Gasteiger partial charge in [-0.3, -0.25) is 15.2 Å². The Hall–Kier alpha value is -2.38. The molecule has 2 atom stereocenters. The Morgan fingerprint density at radius 2 is 1.86 bits per heavy atom. The number of guanidine groups is 1. The minimum absolute atomic E-state index is 0.0174. The number of primary amides is 1. The second kappa shape index (κ2) is 7.41. The fraction of sp³-hybridized carbons (Fsp3) is 0.538. The highest BCUT2D eigenvalue weighted by Gasteiger charge is 2.24. The van der Waals surface area contributed by atoms with Crippen molar-refractivity contribution in [1.82, 2.24) is 0 Å². The van der Waals surface area contributed by atoms with Crippen molar-refractivity contribution in [3.63, 3.8) is 0 Å². The molecule has 0 aromatic rings. The number of nitrogens with zero attached hydrogens (tertiary/aromatic N) is 2. The number of hydrogen-bond acceptors (Lipinski definition) is 4. The number of nitrogens with two attached hydrogens (primary N) is 4. The summed E-state index contributed by atoms with van der Waals surface area (Å²) < 4.78 is 0. The second-order valence-corrected chi connectivity index (χ2v) is 5.13. The fourth-order valence-corrected chi connectivity index (χ4v) is 2.39. The molecule has 0 spiro atoms. The number of amides is 1. The van der Waals surface area contributed by atoms with Crippen LogP contribution in [0.25, 0.3) is 0 Å². The summed E-state index contributed by atoms with van der Waals surface area (Å²) in [6.45, 7) is 2.10. The molecule has 1 amide bonds. The zero-order valence-electron chi connectivity index (χ0n) is 12.2. The predicted octanol–water partition coefficient (Wildman–Crippen LogP) is -0.415. The van der Waals surface area contributed by atoms with Crippen molar-refractivity contribution < 1.29 is 4.79 Å². The predicted molar refractivity (Wildman–Crippen MR) is 83.9 cm³/mol. The lowest BCUT2D eigenvalue weighted by atomic mass is 9.86. The summed E-state index contributed by atoms with van der Waals surface area (Å²) in [6.07, 6.45) is 5.23. The van der Waals surface area contributed by atoms with Gasteiger partial charge in [0.2, 0.25) is 5.96 Å². The highest BCUT2D eigenvalue weighted by atomic mass is 16.1. The van der Waals surface area contributed by atoms with Crippen LogP contribution in [0.3, 0.4) is 0 Å². The third-order valence-electron chi connectivity index (χ3n) is 3.53. The third-order valence-corrected chi connectivity index (χ3v) is 3.53. The molecule has 1 saturated carbocycles. The molecule has 1 aliphatic rings. The molecule has 0 saturated heterocycles. The molecule has 0 radical (unpaired) electrons. The van der Waals surface area contributed by atoms with Gasteiger partial charge in [-0.25, -0.2) is 0 Å². The van der Waals surface area contributed by atoms with Crippen LogP contribution in [0.15, 0.2) is 21.8 Å². The molecule has 8 nitrogen and oxygen atoms in total. The lowest BCUT2D eigenvalue weighted by Gasteiger charge is -2.26. The van der Waals surface area contributed by atoms with Gasteiger partial charge in [-0.15, -0.1) is 0 Å². The van der Waals surface area contributed by atoms with Crippen LogP contribution in [-0.2, 0) is 4.79 Å². The molecule has 1 rings (SSSR count). The maximum Gasteiger partial charge on any atom is 0.252 e. The van der Waals surface area contributed by atoms with E-state index in [9.17, 15) is 4.79 Å². The summed E-state index contributed by atoms with van der Waals surface area (Å²) in [7, 11) is 0. The number of hydrogen-bond donors (Lipinski definition) is 5. The van der Waals surface area contributed by atoms with Gasteiger partial charge in [-0.05, 0) is 18.8 Å². The topological polar surface area (TPSA) is 170 Å². The summed E-state index contributed by atoms with van der Waals surface area (Å²) >= 11 is 0. The Balaban J connectivity index is 3.23. The van der Waals surface area contributed by atoms with E-state index in [4.69, 9.17) is 28.3 Å². The van der Waals surface area contributed by atoms with Crippen molar-refractivity contribution in [1.29, 1.82) is 5.41 Å². The minimum atomic E-state index is -0.749. The molecule has 9 N–H and O–H groups in total. The van der Waals surface area contributed by atoms with Crippen LogP contribution in [0, 0.1) is 11.3 Å². The Bertz CT molecular complexity index is 507. The molecule has 0 aliphatic heterocycles.